The van der Waals surface area contributed by atoms with Crippen LogP contribution in [0.15, 0.2) is 36.4 Å². The lowest BCUT2D eigenvalue weighted by molar-refractivity contribution is -0.138. The highest BCUT2D eigenvalue weighted by molar-refractivity contribution is 6.35. The molecule has 0 saturated carbocycles. The summed E-state index contributed by atoms with van der Waals surface area (Å²) in [5.74, 6) is -0.386. The van der Waals surface area contributed by atoms with E-state index in [2.05, 4.69) is 0 Å². The maximum absolute atomic E-state index is 13.1. The number of rotatable bonds is 2. The summed E-state index contributed by atoms with van der Waals surface area (Å²) >= 11 is 11.9. The zero-order chi connectivity index (χ0) is 16.8. The van der Waals surface area contributed by atoms with E-state index in [9.17, 15) is 18.0 Å². The van der Waals surface area contributed by atoms with Crippen molar-refractivity contribution in [3.05, 3.63) is 63.1 Å². The van der Waals surface area contributed by atoms with Crippen LogP contribution in [0.5, 0.6) is 0 Å². The van der Waals surface area contributed by atoms with Crippen molar-refractivity contribution in [2.45, 2.75) is 19.1 Å². The average Bonchev–Trinajstić information content (AvgIpc) is 2.76. The summed E-state index contributed by atoms with van der Waals surface area (Å²) < 4.78 is 39.2. The molecule has 0 aromatic heterocycles. The third-order valence-corrected chi connectivity index (χ3v) is 4.31. The number of amides is 1. The molecule has 1 aliphatic rings. The van der Waals surface area contributed by atoms with Gasteiger partial charge < -0.3 is 4.90 Å². The SMILES string of the molecule is O=C1Cc2c(cccc2C(F)(F)F)N1Cc1ccc(Cl)cc1Cl. The lowest BCUT2D eigenvalue weighted by Crippen LogP contribution is -2.26. The molecule has 1 heterocycles. The zero-order valence-electron chi connectivity index (χ0n) is 11.6. The molecule has 0 atom stereocenters. The van der Waals surface area contributed by atoms with Crippen LogP contribution >= 0.6 is 23.2 Å². The molecule has 0 spiro atoms. The van der Waals surface area contributed by atoms with Gasteiger partial charge in [0.25, 0.3) is 0 Å². The molecule has 0 saturated heterocycles. The molecule has 2 aromatic rings. The van der Waals surface area contributed by atoms with Crippen molar-refractivity contribution in [2.24, 2.45) is 0 Å². The molecule has 2 nitrogen and oxygen atoms in total. The van der Waals surface area contributed by atoms with E-state index >= 15 is 0 Å². The quantitative estimate of drug-likeness (QED) is 0.730. The Morgan fingerprint density at radius 2 is 1.87 bits per heavy atom. The number of fused-ring (bicyclic) bond motifs is 1. The monoisotopic (exact) mass is 359 g/mol. The minimum Gasteiger partial charge on any atom is -0.307 e. The van der Waals surface area contributed by atoms with Gasteiger partial charge in [0.15, 0.2) is 0 Å². The van der Waals surface area contributed by atoms with Crippen LogP contribution in [0.4, 0.5) is 18.9 Å². The van der Waals surface area contributed by atoms with Gasteiger partial charge in [-0.15, -0.1) is 0 Å². The van der Waals surface area contributed by atoms with Crippen LogP contribution in [0.25, 0.3) is 0 Å². The van der Waals surface area contributed by atoms with E-state index in [1.165, 1.54) is 23.1 Å². The van der Waals surface area contributed by atoms with E-state index < -0.39 is 11.7 Å². The first-order valence-electron chi connectivity index (χ1n) is 6.71. The average molecular weight is 360 g/mol. The van der Waals surface area contributed by atoms with E-state index in [-0.39, 0.29) is 30.1 Å². The molecule has 0 N–H and O–H groups in total. The van der Waals surface area contributed by atoms with Crippen LogP contribution in [-0.2, 0) is 23.9 Å². The summed E-state index contributed by atoms with van der Waals surface area (Å²) in [7, 11) is 0. The Kier molecular flexibility index (Phi) is 4.02. The van der Waals surface area contributed by atoms with E-state index in [1.54, 1.807) is 12.1 Å². The maximum Gasteiger partial charge on any atom is 0.416 e. The Bertz CT molecular complexity index is 789. The van der Waals surface area contributed by atoms with Gasteiger partial charge in [0.2, 0.25) is 5.91 Å². The molecule has 0 unspecified atom stereocenters. The fourth-order valence-corrected chi connectivity index (χ4v) is 3.12. The molecule has 120 valence electrons. The van der Waals surface area contributed by atoms with Crippen LogP contribution in [0.2, 0.25) is 10.0 Å². The first-order chi connectivity index (χ1) is 10.8. The summed E-state index contributed by atoms with van der Waals surface area (Å²) in [4.78, 5) is 13.5. The van der Waals surface area contributed by atoms with Gasteiger partial charge in [-0.2, -0.15) is 13.2 Å². The number of halogens is 5. The molecule has 2 aromatic carbocycles. The predicted octanol–water partition coefficient (Wildman–Crippen LogP) is 5.10. The van der Waals surface area contributed by atoms with E-state index in [1.807, 2.05) is 0 Å². The Morgan fingerprint density at radius 3 is 2.52 bits per heavy atom. The van der Waals surface area contributed by atoms with Crippen LogP contribution < -0.4 is 4.90 Å². The Labute approximate surface area is 140 Å². The summed E-state index contributed by atoms with van der Waals surface area (Å²) in [5.41, 5.74) is 0.133. The number of benzene rings is 2. The lowest BCUT2D eigenvalue weighted by atomic mass is 10.0. The summed E-state index contributed by atoms with van der Waals surface area (Å²) in [5, 5.41) is 0.817. The first-order valence-corrected chi connectivity index (χ1v) is 7.46. The second-order valence-electron chi connectivity index (χ2n) is 5.19. The first kappa shape index (κ1) is 16.1. The van der Waals surface area contributed by atoms with Gasteiger partial charge in [-0.05, 0) is 35.4 Å². The predicted molar refractivity (Wildman–Crippen MR) is 82.8 cm³/mol. The Morgan fingerprint density at radius 1 is 1.13 bits per heavy atom. The van der Waals surface area contributed by atoms with Gasteiger partial charge in [-0.25, -0.2) is 0 Å². The Balaban J connectivity index is 2.00. The van der Waals surface area contributed by atoms with Crippen molar-refractivity contribution >= 4 is 34.8 Å². The number of carbonyl (C=O) groups is 1. The lowest BCUT2D eigenvalue weighted by Gasteiger charge is -2.19. The molecule has 0 aliphatic carbocycles. The van der Waals surface area contributed by atoms with Gasteiger partial charge in [-0.3, -0.25) is 4.79 Å². The molecular formula is C16H10Cl2F3NO. The summed E-state index contributed by atoms with van der Waals surface area (Å²) in [6.07, 6.45) is -4.75. The topological polar surface area (TPSA) is 20.3 Å². The standard InChI is InChI=1S/C16H10Cl2F3NO/c17-10-5-4-9(13(18)6-10)8-22-14-3-1-2-12(16(19,20)21)11(14)7-15(22)23/h1-6H,7-8H2. The zero-order valence-corrected chi connectivity index (χ0v) is 13.1. The van der Waals surface area contributed by atoms with Gasteiger partial charge in [-0.1, -0.05) is 35.3 Å². The van der Waals surface area contributed by atoms with Crippen molar-refractivity contribution in [1.82, 2.24) is 0 Å². The van der Waals surface area contributed by atoms with Gasteiger partial charge in [0.1, 0.15) is 0 Å². The molecule has 0 fully saturated rings. The number of carbonyl (C=O) groups excluding carboxylic acids is 1. The van der Waals surface area contributed by atoms with Crippen LogP contribution in [-0.4, -0.2) is 5.91 Å². The normalized spacial score (nSPS) is 14.3. The largest absolute Gasteiger partial charge is 0.416 e. The highest BCUT2D eigenvalue weighted by atomic mass is 35.5. The van der Waals surface area contributed by atoms with Gasteiger partial charge in [0.05, 0.1) is 18.5 Å². The third kappa shape index (κ3) is 3.03. The maximum atomic E-state index is 13.1. The Hall–Kier alpha value is -1.72. The third-order valence-electron chi connectivity index (χ3n) is 3.72. The van der Waals surface area contributed by atoms with Crippen molar-refractivity contribution < 1.29 is 18.0 Å². The molecule has 23 heavy (non-hydrogen) atoms. The highest BCUT2D eigenvalue weighted by Crippen LogP contribution is 2.40. The molecule has 0 bridgehead atoms. The van der Waals surface area contributed by atoms with Crippen LogP contribution in [0, 0.1) is 0 Å². The van der Waals surface area contributed by atoms with Crippen molar-refractivity contribution in [3.63, 3.8) is 0 Å². The summed E-state index contributed by atoms with van der Waals surface area (Å²) in [6, 6.07) is 8.62. The van der Waals surface area contributed by atoms with Gasteiger partial charge in [0, 0.05) is 15.7 Å². The second kappa shape index (κ2) is 5.73. The molecule has 1 amide bonds. The molecular weight excluding hydrogens is 350 g/mol. The molecule has 3 rings (SSSR count). The van der Waals surface area contributed by atoms with Gasteiger partial charge >= 0.3 is 6.18 Å². The second-order valence-corrected chi connectivity index (χ2v) is 6.04. The fourth-order valence-electron chi connectivity index (χ4n) is 2.65. The number of hydrogen-bond acceptors (Lipinski definition) is 1. The number of alkyl halides is 3. The van der Waals surface area contributed by atoms with E-state index in [0.29, 0.717) is 15.6 Å². The fraction of sp³-hybridized carbons (Fsp3) is 0.188. The molecule has 1 aliphatic heterocycles. The van der Waals surface area contributed by atoms with Crippen molar-refractivity contribution in [2.75, 3.05) is 4.90 Å². The number of anilines is 1. The highest BCUT2D eigenvalue weighted by Gasteiger charge is 2.39. The molecule has 0 radical (unpaired) electrons. The summed E-state index contributed by atoms with van der Waals surface area (Å²) in [6.45, 7) is 0.100. The van der Waals surface area contributed by atoms with Crippen molar-refractivity contribution in [3.8, 4) is 0 Å². The van der Waals surface area contributed by atoms with E-state index in [4.69, 9.17) is 23.2 Å². The van der Waals surface area contributed by atoms with Crippen LogP contribution in [0.3, 0.4) is 0 Å². The number of nitrogens with zero attached hydrogens (tertiary/aromatic N) is 1. The molecule has 7 heteroatoms. The minimum atomic E-state index is -4.49. The smallest absolute Gasteiger partial charge is 0.307 e. The number of hydrogen-bond donors (Lipinski definition) is 0. The van der Waals surface area contributed by atoms with E-state index in [0.717, 1.165) is 6.07 Å². The van der Waals surface area contributed by atoms with Crippen LogP contribution in [0.1, 0.15) is 16.7 Å². The van der Waals surface area contributed by atoms with Crippen molar-refractivity contribution in [1.29, 1.82) is 0 Å². The minimum absolute atomic E-state index is 0.00934.